The molecule has 0 radical (unpaired) electrons. The monoisotopic (exact) mass is 313 g/mol. The highest BCUT2D eigenvalue weighted by molar-refractivity contribution is 7.89. The Morgan fingerprint density at radius 2 is 1.86 bits per heavy atom. The lowest BCUT2D eigenvalue weighted by Crippen LogP contribution is -2.33. The Morgan fingerprint density at radius 1 is 1.19 bits per heavy atom. The third kappa shape index (κ3) is 3.68. The van der Waals surface area contributed by atoms with Crippen molar-refractivity contribution in [2.75, 3.05) is 27.3 Å². The molecule has 0 aliphatic heterocycles. The number of hydrogen-bond acceptors (Lipinski definition) is 4. The molecule has 5 nitrogen and oxygen atoms in total. The average Bonchev–Trinajstić information content (AvgIpc) is 3.30. The van der Waals surface area contributed by atoms with Crippen LogP contribution < -0.4 is 9.47 Å². The maximum absolute atomic E-state index is 12.8. The summed E-state index contributed by atoms with van der Waals surface area (Å²) in [6.45, 7) is 3.15. The van der Waals surface area contributed by atoms with Crippen LogP contribution in [-0.4, -0.2) is 40.0 Å². The summed E-state index contributed by atoms with van der Waals surface area (Å²) in [5, 5.41) is 0. The molecule has 0 unspecified atom stereocenters. The summed E-state index contributed by atoms with van der Waals surface area (Å²) < 4.78 is 37.5. The van der Waals surface area contributed by atoms with Gasteiger partial charge in [0.2, 0.25) is 10.0 Å². The zero-order valence-corrected chi connectivity index (χ0v) is 13.6. The maximum Gasteiger partial charge on any atom is 0.243 e. The van der Waals surface area contributed by atoms with Crippen molar-refractivity contribution in [3.63, 3.8) is 0 Å². The summed E-state index contributed by atoms with van der Waals surface area (Å²) >= 11 is 0. The van der Waals surface area contributed by atoms with E-state index in [0.29, 0.717) is 30.5 Å². The molecule has 0 spiro atoms. The summed E-state index contributed by atoms with van der Waals surface area (Å²) in [6, 6.07) is 4.74. The standard InChI is InChI=1S/C15H23NO4S/c1-4-9-16(11-12-5-6-12)21(17,18)13-7-8-14(19-2)15(10-13)20-3/h7-8,10,12H,4-6,9,11H2,1-3H3. The molecule has 0 N–H and O–H groups in total. The molecule has 118 valence electrons. The zero-order valence-electron chi connectivity index (χ0n) is 12.8. The number of hydrogen-bond donors (Lipinski definition) is 0. The highest BCUT2D eigenvalue weighted by Crippen LogP contribution is 2.34. The lowest BCUT2D eigenvalue weighted by molar-refractivity contribution is 0.353. The highest BCUT2D eigenvalue weighted by Gasteiger charge is 2.31. The molecule has 1 fully saturated rings. The molecule has 0 heterocycles. The molecule has 0 saturated heterocycles. The predicted molar refractivity (Wildman–Crippen MR) is 81.3 cm³/mol. The molecule has 0 atom stereocenters. The molecule has 0 aromatic heterocycles. The lowest BCUT2D eigenvalue weighted by Gasteiger charge is -2.22. The fourth-order valence-electron chi connectivity index (χ4n) is 2.27. The van der Waals surface area contributed by atoms with E-state index in [4.69, 9.17) is 9.47 Å². The zero-order chi connectivity index (χ0) is 15.5. The van der Waals surface area contributed by atoms with Crippen molar-refractivity contribution in [1.29, 1.82) is 0 Å². The SMILES string of the molecule is CCCN(CC1CC1)S(=O)(=O)c1ccc(OC)c(OC)c1. The summed E-state index contributed by atoms with van der Waals surface area (Å²) in [7, 11) is -0.446. The fraction of sp³-hybridized carbons (Fsp3) is 0.600. The van der Waals surface area contributed by atoms with Crippen molar-refractivity contribution < 1.29 is 17.9 Å². The molecule has 1 saturated carbocycles. The summed E-state index contributed by atoms with van der Waals surface area (Å²) in [5.41, 5.74) is 0. The van der Waals surface area contributed by atoms with Gasteiger partial charge in [-0.25, -0.2) is 8.42 Å². The van der Waals surface area contributed by atoms with Gasteiger partial charge in [0.15, 0.2) is 11.5 Å². The second-order valence-electron chi connectivity index (χ2n) is 5.32. The first-order chi connectivity index (χ1) is 10.0. The molecule has 1 aromatic rings. The van der Waals surface area contributed by atoms with E-state index in [1.54, 1.807) is 16.4 Å². The molecule has 1 aromatic carbocycles. The van der Waals surface area contributed by atoms with Crippen molar-refractivity contribution in [3.8, 4) is 11.5 Å². The Kier molecular flexibility index (Phi) is 5.11. The van der Waals surface area contributed by atoms with E-state index in [2.05, 4.69) is 0 Å². The van der Waals surface area contributed by atoms with Gasteiger partial charge >= 0.3 is 0 Å². The van der Waals surface area contributed by atoms with Crippen LogP contribution >= 0.6 is 0 Å². The summed E-state index contributed by atoms with van der Waals surface area (Å²) in [4.78, 5) is 0.259. The van der Waals surface area contributed by atoms with E-state index in [0.717, 1.165) is 19.3 Å². The molecular weight excluding hydrogens is 290 g/mol. The first kappa shape index (κ1) is 16.1. The third-order valence-corrected chi connectivity index (χ3v) is 5.49. The van der Waals surface area contributed by atoms with Crippen molar-refractivity contribution in [1.82, 2.24) is 4.31 Å². The van der Waals surface area contributed by atoms with Gasteiger partial charge in [-0.05, 0) is 37.3 Å². The lowest BCUT2D eigenvalue weighted by atomic mass is 10.3. The Morgan fingerprint density at radius 3 is 2.38 bits per heavy atom. The second-order valence-corrected chi connectivity index (χ2v) is 7.26. The van der Waals surface area contributed by atoms with E-state index < -0.39 is 10.0 Å². The van der Waals surface area contributed by atoms with Gasteiger partial charge in [0.25, 0.3) is 0 Å². The number of nitrogens with zero attached hydrogens (tertiary/aromatic N) is 1. The second kappa shape index (κ2) is 6.66. The minimum absolute atomic E-state index is 0.259. The number of sulfonamides is 1. The largest absolute Gasteiger partial charge is 0.493 e. The van der Waals surface area contributed by atoms with Crippen LogP contribution in [0, 0.1) is 5.92 Å². The van der Waals surface area contributed by atoms with Crippen LogP contribution in [0.15, 0.2) is 23.1 Å². The van der Waals surface area contributed by atoms with Gasteiger partial charge in [0.1, 0.15) is 0 Å². The molecule has 1 aliphatic rings. The highest BCUT2D eigenvalue weighted by atomic mass is 32.2. The van der Waals surface area contributed by atoms with Gasteiger partial charge < -0.3 is 9.47 Å². The Balaban J connectivity index is 2.31. The van der Waals surface area contributed by atoms with Gasteiger partial charge in [-0.15, -0.1) is 0 Å². The quantitative estimate of drug-likeness (QED) is 0.740. The average molecular weight is 313 g/mol. The fourth-order valence-corrected chi connectivity index (χ4v) is 3.90. The first-order valence-electron chi connectivity index (χ1n) is 7.25. The van der Waals surface area contributed by atoms with E-state index in [1.807, 2.05) is 6.92 Å². The van der Waals surface area contributed by atoms with Crippen LogP contribution in [0.1, 0.15) is 26.2 Å². The van der Waals surface area contributed by atoms with E-state index in [1.165, 1.54) is 20.3 Å². The Bertz CT molecular complexity index is 581. The molecular formula is C15H23NO4S. The van der Waals surface area contributed by atoms with Gasteiger partial charge in [-0.2, -0.15) is 4.31 Å². The molecule has 0 bridgehead atoms. The van der Waals surface area contributed by atoms with E-state index in [-0.39, 0.29) is 4.90 Å². The van der Waals surface area contributed by atoms with Crippen molar-refractivity contribution in [2.45, 2.75) is 31.1 Å². The van der Waals surface area contributed by atoms with Gasteiger partial charge in [0, 0.05) is 19.2 Å². The van der Waals surface area contributed by atoms with Crippen molar-refractivity contribution >= 4 is 10.0 Å². The molecule has 1 aliphatic carbocycles. The van der Waals surface area contributed by atoms with Crippen molar-refractivity contribution in [3.05, 3.63) is 18.2 Å². The first-order valence-corrected chi connectivity index (χ1v) is 8.69. The summed E-state index contributed by atoms with van der Waals surface area (Å²) in [6.07, 6.45) is 3.06. The molecule has 2 rings (SSSR count). The van der Waals surface area contributed by atoms with Crippen molar-refractivity contribution in [2.24, 2.45) is 5.92 Å². The summed E-state index contributed by atoms with van der Waals surface area (Å²) in [5.74, 6) is 1.48. The molecule has 21 heavy (non-hydrogen) atoms. The normalized spacial score (nSPS) is 15.2. The van der Waals surface area contributed by atoms with Gasteiger partial charge in [-0.1, -0.05) is 6.92 Å². The van der Waals surface area contributed by atoms with Crippen LogP contribution in [0.3, 0.4) is 0 Å². The number of ether oxygens (including phenoxy) is 2. The third-order valence-electron chi connectivity index (χ3n) is 3.62. The topological polar surface area (TPSA) is 55.8 Å². The number of methoxy groups -OCH3 is 2. The van der Waals surface area contributed by atoms with Crippen LogP contribution in [0.25, 0.3) is 0 Å². The van der Waals surface area contributed by atoms with Crippen LogP contribution in [-0.2, 0) is 10.0 Å². The number of benzene rings is 1. The van der Waals surface area contributed by atoms with Crippen LogP contribution in [0.4, 0.5) is 0 Å². The number of rotatable bonds is 8. The maximum atomic E-state index is 12.8. The Labute approximate surface area is 126 Å². The minimum Gasteiger partial charge on any atom is -0.493 e. The Hall–Kier alpha value is -1.27. The van der Waals surface area contributed by atoms with E-state index >= 15 is 0 Å². The smallest absolute Gasteiger partial charge is 0.243 e. The molecule has 0 amide bonds. The van der Waals surface area contributed by atoms with Gasteiger partial charge in [-0.3, -0.25) is 0 Å². The minimum atomic E-state index is -3.48. The van der Waals surface area contributed by atoms with E-state index in [9.17, 15) is 8.42 Å². The predicted octanol–water partition coefficient (Wildman–Crippen LogP) is 2.51. The molecule has 6 heteroatoms. The van der Waals surface area contributed by atoms with Crippen LogP contribution in [0.2, 0.25) is 0 Å². The van der Waals surface area contributed by atoms with Crippen LogP contribution in [0.5, 0.6) is 11.5 Å². The van der Waals surface area contributed by atoms with Gasteiger partial charge in [0.05, 0.1) is 19.1 Å².